The van der Waals surface area contributed by atoms with E-state index in [9.17, 15) is 14.0 Å². The fourth-order valence-corrected chi connectivity index (χ4v) is 3.12. The minimum atomic E-state index is -0.756. The first-order chi connectivity index (χ1) is 11.6. The summed E-state index contributed by atoms with van der Waals surface area (Å²) < 4.78 is 13.7. The number of hydrogen-bond acceptors (Lipinski definition) is 3. The highest BCUT2D eigenvalue weighted by Gasteiger charge is 2.26. The molecule has 0 spiro atoms. The van der Waals surface area contributed by atoms with Crippen LogP contribution in [0, 0.1) is 23.1 Å². The summed E-state index contributed by atoms with van der Waals surface area (Å²) >= 11 is 0. The maximum Gasteiger partial charge on any atom is 0.254 e. The average molecular weight is 331 g/mol. The number of nitrogens with zero attached hydrogens (tertiary/aromatic N) is 1. The molecular weight excluding hydrogens is 309 g/mol. The Labute approximate surface area is 141 Å². The number of rotatable bonds is 6. The summed E-state index contributed by atoms with van der Waals surface area (Å²) in [6.45, 7) is -0.116. The summed E-state index contributed by atoms with van der Waals surface area (Å²) in [5.41, 5.74) is -0.0840. The number of nitriles is 1. The van der Waals surface area contributed by atoms with E-state index >= 15 is 0 Å². The van der Waals surface area contributed by atoms with E-state index in [1.165, 1.54) is 24.6 Å². The van der Waals surface area contributed by atoms with Crippen LogP contribution in [0.2, 0.25) is 0 Å². The monoisotopic (exact) mass is 331 g/mol. The molecule has 2 rings (SSSR count). The fraction of sp³-hybridized carbons (Fsp3) is 0.500. The van der Waals surface area contributed by atoms with Crippen molar-refractivity contribution in [1.82, 2.24) is 10.6 Å². The van der Waals surface area contributed by atoms with Crippen molar-refractivity contribution < 1.29 is 14.0 Å². The molecule has 1 aromatic rings. The van der Waals surface area contributed by atoms with Gasteiger partial charge in [-0.15, -0.1) is 0 Å². The second kappa shape index (κ2) is 9.02. The molecule has 5 nitrogen and oxygen atoms in total. The molecule has 0 bridgehead atoms. The summed E-state index contributed by atoms with van der Waals surface area (Å²) in [6.07, 6.45) is 6.01. The molecule has 0 saturated heterocycles. The molecule has 0 radical (unpaired) electrons. The molecule has 1 saturated carbocycles. The van der Waals surface area contributed by atoms with Gasteiger partial charge in [-0.3, -0.25) is 9.59 Å². The first-order valence-electron chi connectivity index (χ1n) is 8.32. The maximum absolute atomic E-state index is 13.7. The number of carbonyl (C=O) groups excluding carboxylic acids is 2. The zero-order valence-electron chi connectivity index (χ0n) is 13.6. The van der Waals surface area contributed by atoms with E-state index in [-0.39, 0.29) is 12.1 Å². The highest BCUT2D eigenvalue weighted by molar-refractivity contribution is 5.97. The van der Waals surface area contributed by atoms with Crippen molar-refractivity contribution in [2.24, 2.45) is 5.92 Å². The minimum absolute atomic E-state index is 0.0840. The summed E-state index contributed by atoms with van der Waals surface area (Å²) in [4.78, 5) is 24.6. The molecule has 2 amide bonds. The van der Waals surface area contributed by atoms with E-state index in [1.807, 2.05) is 6.07 Å². The molecule has 1 unspecified atom stereocenters. The minimum Gasteiger partial charge on any atom is -0.341 e. The van der Waals surface area contributed by atoms with Crippen LogP contribution in [0.25, 0.3) is 0 Å². The topological polar surface area (TPSA) is 82.0 Å². The van der Waals surface area contributed by atoms with Crippen molar-refractivity contribution in [2.45, 2.75) is 44.6 Å². The summed E-state index contributed by atoms with van der Waals surface area (Å²) in [5.74, 6) is -1.27. The number of hydrogen-bond donors (Lipinski definition) is 2. The number of nitrogens with one attached hydrogen (secondary N) is 2. The van der Waals surface area contributed by atoms with Gasteiger partial charge >= 0.3 is 0 Å². The van der Waals surface area contributed by atoms with E-state index in [0.29, 0.717) is 12.3 Å². The molecule has 128 valence electrons. The second-order valence-electron chi connectivity index (χ2n) is 6.12. The summed E-state index contributed by atoms with van der Waals surface area (Å²) in [6, 6.07) is 6.76. The van der Waals surface area contributed by atoms with Crippen molar-refractivity contribution in [2.75, 3.05) is 6.54 Å². The first-order valence-corrected chi connectivity index (χ1v) is 8.32. The van der Waals surface area contributed by atoms with E-state index < -0.39 is 23.7 Å². The van der Waals surface area contributed by atoms with Gasteiger partial charge in [-0.2, -0.15) is 5.26 Å². The molecule has 6 heteroatoms. The van der Waals surface area contributed by atoms with Gasteiger partial charge in [-0.25, -0.2) is 4.39 Å². The van der Waals surface area contributed by atoms with Crippen molar-refractivity contribution in [3.63, 3.8) is 0 Å². The molecule has 0 heterocycles. The molecule has 1 aromatic carbocycles. The van der Waals surface area contributed by atoms with Gasteiger partial charge in [0.25, 0.3) is 5.91 Å². The predicted molar refractivity (Wildman–Crippen MR) is 87.5 cm³/mol. The lowest BCUT2D eigenvalue weighted by Gasteiger charge is -2.26. The maximum atomic E-state index is 13.7. The predicted octanol–water partition coefficient (Wildman–Crippen LogP) is 2.53. The van der Waals surface area contributed by atoms with E-state index in [0.717, 1.165) is 25.7 Å². The van der Waals surface area contributed by atoms with Gasteiger partial charge in [0.2, 0.25) is 5.91 Å². The molecule has 1 fully saturated rings. The second-order valence-corrected chi connectivity index (χ2v) is 6.12. The van der Waals surface area contributed by atoms with Gasteiger partial charge in [0, 0.05) is 0 Å². The van der Waals surface area contributed by atoms with E-state index in [1.54, 1.807) is 6.07 Å². The van der Waals surface area contributed by atoms with Crippen LogP contribution in [-0.4, -0.2) is 24.4 Å². The van der Waals surface area contributed by atoms with Crippen LogP contribution in [0.4, 0.5) is 4.39 Å². The van der Waals surface area contributed by atoms with Gasteiger partial charge in [0.15, 0.2) is 0 Å². The van der Waals surface area contributed by atoms with Crippen LogP contribution in [0.3, 0.4) is 0 Å². The largest absolute Gasteiger partial charge is 0.341 e. The Morgan fingerprint density at radius 3 is 2.62 bits per heavy atom. The normalized spacial score (nSPS) is 16.0. The Balaban J connectivity index is 2.06. The molecule has 1 aliphatic carbocycles. The highest BCUT2D eigenvalue weighted by Crippen LogP contribution is 2.27. The van der Waals surface area contributed by atoms with Crippen molar-refractivity contribution in [3.05, 3.63) is 35.6 Å². The van der Waals surface area contributed by atoms with Crippen molar-refractivity contribution in [3.8, 4) is 6.07 Å². The number of carbonyl (C=O) groups is 2. The molecule has 1 aliphatic rings. The highest BCUT2D eigenvalue weighted by atomic mass is 19.1. The standard InChI is InChI=1S/C18H22FN3O2/c19-15-9-5-4-8-14(15)17(23)22-16(18(24)21-11-10-20)12-13-6-2-1-3-7-13/h4-5,8-9,13,16H,1-3,6-7,11-12H2,(H,21,24)(H,22,23). The van der Waals surface area contributed by atoms with Crippen molar-refractivity contribution >= 4 is 11.8 Å². The third kappa shape index (κ3) is 5.05. The summed E-state index contributed by atoms with van der Waals surface area (Å²) in [7, 11) is 0. The fourth-order valence-electron chi connectivity index (χ4n) is 3.12. The Morgan fingerprint density at radius 1 is 1.25 bits per heavy atom. The zero-order valence-corrected chi connectivity index (χ0v) is 13.6. The Kier molecular flexibility index (Phi) is 6.74. The molecule has 0 aromatic heterocycles. The van der Waals surface area contributed by atoms with Crippen LogP contribution < -0.4 is 10.6 Å². The van der Waals surface area contributed by atoms with Crippen LogP contribution in [0.15, 0.2) is 24.3 Å². The zero-order chi connectivity index (χ0) is 17.4. The lowest BCUT2D eigenvalue weighted by atomic mass is 9.84. The Hall–Kier alpha value is -2.42. The van der Waals surface area contributed by atoms with E-state index in [2.05, 4.69) is 10.6 Å². The van der Waals surface area contributed by atoms with Gasteiger partial charge in [-0.05, 0) is 24.5 Å². The van der Waals surface area contributed by atoms with Gasteiger partial charge in [0.1, 0.15) is 18.4 Å². The first kappa shape index (κ1) is 17.9. The quantitative estimate of drug-likeness (QED) is 0.786. The van der Waals surface area contributed by atoms with Crippen molar-refractivity contribution in [1.29, 1.82) is 5.26 Å². The lowest BCUT2D eigenvalue weighted by molar-refractivity contribution is -0.123. The number of halogens is 1. The van der Waals surface area contributed by atoms with Crippen LogP contribution in [-0.2, 0) is 4.79 Å². The number of benzene rings is 1. The van der Waals surface area contributed by atoms with Crippen LogP contribution in [0.5, 0.6) is 0 Å². The third-order valence-electron chi connectivity index (χ3n) is 4.38. The lowest BCUT2D eigenvalue weighted by Crippen LogP contribution is -2.48. The van der Waals surface area contributed by atoms with Gasteiger partial charge in [0.05, 0.1) is 11.6 Å². The molecule has 24 heavy (non-hydrogen) atoms. The SMILES string of the molecule is N#CCNC(=O)C(CC1CCCCC1)NC(=O)c1ccccc1F. The van der Waals surface area contributed by atoms with Crippen LogP contribution in [0.1, 0.15) is 48.9 Å². The molecule has 2 N–H and O–H groups in total. The molecular formula is C18H22FN3O2. The Morgan fingerprint density at radius 2 is 1.96 bits per heavy atom. The third-order valence-corrected chi connectivity index (χ3v) is 4.38. The van der Waals surface area contributed by atoms with Gasteiger partial charge in [-0.1, -0.05) is 44.2 Å². The molecule has 1 atom stereocenters. The Bertz CT molecular complexity index is 621. The molecule has 0 aliphatic heterocycles. The average Bonchev–Trinajstić information content (AvgIpc) is 2.60. The number of amides is 2. The van der Waals surface area contributed by atoms with Gasteiger partial charge < -0.3 is 10.6 Å². The van der Waals surface area contributed by atoms with E-state index in [4.69, 9.17) is 5.26 Å². The summed E-state index contributed by atoms with van der Waals surface area (Å²) in [5, 5.41) is 13.7. The smallest absolute Gasteiger partial charge is 0.254 e. The van der Waals surface area contributed by atoms with Crippen LogP contribution >= 0.6 is 0 Å².